The number of sulfonamides is 1. The van der Waals surface area contributed by atoms with E-state index in [1.54, 1.807) is 35.8 Å². The van der Waals surface area contributed by atoms with Crippen molar-refractivity contribution in [1.82, 2.24) is 24.6 Å². The van der Waals surface area contributed by atoms with Gasteiger partial charge in [0.15, 0.2) is 0 Å². The predicted octanol–water partition coefficient (Wildman–Crippen LogP) is 0.739. The summed E-state index contributed by atoms with van der Waals surface area (Å²) < 4.78 is 34.7. The fraction of sp³-hybridized carbons (Fsp3) is 0.375. The van der Waals surface area contributed by atoms with Crippen molar-refractivity contribution in [2.75, 3.05) is 11.4 Å². The van der Waals surface area contributed by atoms with Gasteiger partial charge in [0.05, 0.1) is 23.5 Å². The molecule has 4 heterocycles. The lowest BCUT2D eigenvalue weighted by molar-refractivity contribution is -0.121. The Hall–Kier alpha value is -2.79. The summed E-state index contributed by atoms with van der Waals surface area (Å²) in [5.41, 5.74) is 0.813. The van der Waals surface area contributed by atoms with E-state index in [0.29, 0.717) is 36.3 Å². The molecule has 1 fully saturated rings. The SMILES string of the molecule is Cc1noc2ncc(S(=O)(=O)N[C@@H]3CCCN(c4ccnn4C)C3=O)cc12. The van der Waals surface area contributed by atoms with E-state index in [1.807, 2.05) is 0 Å². The van der Waals surface area contributed by atoms with Crippen molar-refractivity contribution in [3.8, 4) is 0 Å². The lowest BCUT2D eigenvalue weighted by atomic mass is 10.1. The average Bonchev–Trinajstić information content (AvgIpc) is 3.22. The van der Waals surface area contributed by atoms with Crippen LogP contribution in [0.5, 0.6) is 0 Å². The first-order valence-corrected chi connectivity index (χ1v) is 9.89. The number of piperidine rings is 1. The van der Waals surface area contributed by atoms with Gasteiger partial charge in [-0.25, -0.2) is 13.4 Å². The minimum atomic E-state index is -3.93. The number of hydrogen-bond donors (Lipinski definition) is 1. The van der Waals surface area contributed by atoms with E-state index in [2.05, 4.69) is 20.0 Å². The monoisotopic (exact) mass is 390 g/mol. The first-order valence-electron chi connectivity index (χ1n) is 8.40. The second kappa shape index (κ2) is 6.43. The molecule has 0 saturated carbocycles. The number of hydrogen-bond acceptors (Lipinski definition) is 7. The molecule has 1 aliphatic rings. The van der Waals surface area contributed by atoms with E-state index in [-0.39, 0.29) is 16.5 Å². The van der Waals surface area contributed by atoms with Gasteiger partial charge in [-0.1, -0.05) is 5.16 Å². The van der Waals surface area contributed by atoms with Crippen LogP contribution in [-0.4, -0.2) is 46.8 Å². The molecule has 3 aromatic heterocycles. The highest BCUT2D eigenvalue weighted by Gasteiger charge is 2.34. The quantitative estimate of drug-likeness (QED) is 0.697. The lowest BCUT2D eigenvalue weighted by Crippen LogP contribution is -2.52. The van der Waals surface area contributed by atoms with Crippen LogP contribution in [0, 0.1) is 6.92 Å². The molecule has 11 heteroatoms. The molecule has 0 spiro atoms. The van der Waals surface area contributed by atoms with Gasteiger partial charge in [-0.05, 0) is 25.8 Å². The fourth-order valence-corrected chi connectivity index (χ4v) is 4.37. The van der Waals surface area contributed by atoms with Gasteiger partial charge in [-0.3, -0.25) is 14.4 Å². The molecule has 0 bridgehead atoms. The number of nitrogens with zero attached hydrogens (tertiary/aromatic N) is 5. The molecule has 1 amide bonds. The Morgan fingerprint density at radius 2 is 2.19 bits per heavy atom. The van der Waals surface area contributed by atoms with Crippen LogP contribution in [0.4, 0.5) is 5.82 Å². The zero-order chi connectivity index (χ0) is 19.2. The molecule has 0 radical (unpaired) electrons. The summed E-state index contributed by atoms with van der Waals surface area (Å²) in [6, 6.07) is 2.32. The third-order valence-corrected chi connectivity index (χ3v) is 6.04. The van der Waals surface area contributed by atoms with Crippen LogP contribution < -0.4 is 9.62 Å². The first-order chi connectivity index (χ1) is 12.9. The van der Waals surface area contributed by atoms with Crippen molar-refractivity contribution in [2.24, 2.45) is 7.05 Å². The Kier molecular flexibility index (Phi) is 4.19. The number of rotatable bonds is 4. The van der Waals surface area contributed by atoms with Crippen LogP contribution in [-0.2, 0) is 21.9 Å². The molecule has 1 atom stereocenters. The number of carbonyl (C=O) groups is 1. The van der Waals surface area contributed by atoms with Gasteiger partial charge in [0, 0.05) is 19.7 Å². The molecular formula is C16H18N6O4S. The van der Waals surface area contributed by atoms with Gasteiger partial charge in [-0.15, -0.1) is 0 Å². The number of anilines is 1. The maximum atomic E-state index is 12.8. The summed E-state index contributed by atoms with van der Waals surface area (Å²) in [6.45, 7) is 2.22. The summed E-state index contributed by atoms with van der Waals surface area (Å²) >= 11 is 0. The van der Waals surface area contributed by atoms with Crippen LogP contribution in [0.15, 0.2) is 33.9 Å². The molecule has 27 heavy (non-hydrogen) atoms. The largest absolute Gasteiger partial charge is 0.336 e. The van der Waals surface area contributed by atoms with Crippen molar-refractivity contribution in [3.05, 3.63) is 30.2 Å². The van der Waals surface area contributed by atoms with Crippen LogP contribution >= 0.6 is 0 Å². The second-order valence-corrected chi connectivity index (χ2v) is 8.12. The number of fused-ring (bicyclic) bond motifs is 1. The third kappa shape index (κ3) is 3.08. The van der Waals surface area contributed by atoms with Gasteiger partial charge in [0.1, 0.15) is 16.8 Å². The normalized spacial score (nSPS) is 18.4. The van der Waals surface area contributed by atoms with Gasteiger partial charge in [-0.2, -0.15) is 9.82 Å². The number of nitrogens with one attached hydrogen (secondary N) is 1. The summed E-state index contributed by atoms with van der Waals surface area (Å²) in [4.78, 5) is 18.3. The minimum Gasteiger partial charge on any atom is -0.336 e. The summed E-state index contributed by atoms with van der Waals surface area (Å²) in [6.07, 6.45) is 3.89. The van der Waals surface area contributed by atoms with Crippen molar-refractivity contribution in [1.29, 1.82) is 0 Å². The van der Waals surface area contributed by atoms with Crippen LogP contribution in [0.3, 0.4) is 0 Å². The van der Waals surface area contributed by atoms with Gasteiger partial charge < -0.3 is 4.52 Å². The predicted molar refractivity (Wildman–Crippen MR) is 95.4 cm³/mol. The Morgan fingerprint density at radius 3 is 2.93 bits per heavy atom. The standard InChI is InChI=1S/C16H18N6O4S/c1-10-12-8-11(9-17-15(12)26-19-10)27(24,25)20-13-4-3-7-22(16(13)23)14-5-6-18-21(14)2/h5-6,8-9,13,20H,3-4,7H2,1-2H3/t13-/m1/s1. The molecule has 0 aliphatic carbocycles. The molecule has 1 aliphatic heterocycles. The Balaban J connectivity index is 1.60. The Bertz CT molecular complexity index is 1120. The molecule has 142 valence electrons. The highest BCUT2D eigenvalue weighted by atomic mass is 32.2. The number of carbonyl (C=O) groups excluding carboxylic acids is 1. The molecule has 10 nitrogen and oxygen atoms in total. The van der Waals surface area contributed by atoms with Crippen molar-refractivity contribution in [2.45, 2.75) is 30.7 Å². The van der Waals surface area contributed by atoms with Gasteiger partial charge in [0.2, 0.25) is 15.9 Å². The van der Waals surface area contributed by atoms with Crippen LogP contribution in [0.2, 0.25) is 0 Å². The van der Waals surface area contributed by atoms with Gasteiger partial charge >= 0.3 is 0 Å². The topological polar surface area (TPSA) is 123 Å². The van der Waals surface area contributed by atoms with Crippen molar-refractivity contribution < 1.29 is 17.7 Å². The second-order valence-electron chi connectivity index (χ2n) is 6.41. The van der Waals surface area contributed by atoms with Crippen molar-refractivity contribution >= 4 is 32.8 Å². The summed E-state index contributed by atoms with van der Waals surface area (Å²) in [5.74, 6) is 0.329. The summed E-state index contributed by atoms with van der Waals surface area (Å²) in [7, 11) is -2.20. The number of aromatic nitrogens is 4. The lowest BCUT2D eigenvalue weighted by Gasteiger charge is -2.32. The number of aryl methyl sites for hydroxylation is 2. The maximum Gasteiger partial charge on any atom is 0.257 e. The van der Waals surface area contributed by atoms with Crippen LogP contribution in [0.1, 0.15) is 18.5 Å². The molecule has 1 N–H and O–H groups in total. The zero-order valence-electron chi connectivity index (χ0n) is 14.8. The van der Waals surface area contributed by atoms with E-state index in [4.69, 9.17) is 4.52 Å². The highest BCUT2D eigenvalue weighted by molar-refractivity contribution is 7.89. The Morgan fingerprint density at radius 1 is 1.37 bits per heavy atom. The third-order valence-electron chi connectivity index (χ3n) is 4.60. The molecular weight excluding hydrogens is 372 g/mol. The van der Waals surface area contributed by atoms with Crippen molar-refractivity contribution in [3.63, 3.8) is 0 Å². The number of pyridine rings is 1. The van der Waals surface area contributed by atoms with E-state index < -0.39 is 16.1 Å². The van der Waals surface area contributed by atoms with E-state index in [9.17, 15) is 13.2 Å². The van der Waals surface area contributed by atoms with E-state index >= 15 is 0 Å². The number of amides is 1. The Labute approximate surface area is 155 Å². The molecule has 0 unspecified atom stereocenters. The molecule has 3 aromatic rings. The van der Waals surface area contributed by atoms with E-state index in [0.717, 1.165) is 0 Å². The minimum absolute atomic E-state index is 0.0354. The van der Waals surface area contributed by atoms with Gasteiger partial charge in [0.25, 0.3) is 5.71 Å². The molecule has 0 aromatic carbocycles. The zero-order valence-corrected chi connectivity index (χ0v) is 15.6. The molecule has 4 rings (SSSR count). The van der Waals surface area contributed by atoms with Crippen LogP contribution in [0.25, 0.3) is 11.1 Å². The average molecular weight is 390 g/mol. The smallest absolute Gasteiger partial charge is 0.257 e. The maximum absolute atomic E-state index is 12.8. The van der Waals surface area contributed by atoms with E-state index in [1.165, 1.54) is 12.3 Å². The first kappa shape index (κ1) is 17.6. The highest BCUT2D eigenvalue weighted by Crippen LogP contribution is 2.23. The summed E-state index contributed by atoms with van der Waals surface area (Å²) in [5, 5.41) is 8.36. The fourth-order valence-electron chi connectivity index (χ4n) is 3.17. The molecule has 1 saturated heterocycles.